The van der Waals surface area contributed by atoms with Crippen molar-refractivity contribution >= 4 is 8.61 Å². The average molecular weight is 174 g/mol. The second-order valence-corrected chi connectivity index (χ2v) is 3.97. The summed E-state index contributed by atoms with van der Waals surface area (Å²) < 4.78 is 12.6. The van der Waals surface area contributed by atoms with Gasteiger partial charge in [0.05, 0.1) is 13.3 Å². The zero-order valence-corrected chi connectivity index (χ0v) is 7.49. The van der Waals surface area contributed by atoms with Crippen LogP contribution in [0, 0.1) is 0 Å². The molecule has 1 atom stereocenters. The zero-order chi connectivity index (χ0) is 7.68. The van der Waals surface area contributed by atoms with Gasteiger partial charge in [0, 0.05) is 26.2 Å². The Morgan fingerprint density at radius 2 is 1.55 bits per heavy atom. The highest BCUT2D eigenvalue weighted by atomic mass is 31.1. The first-order valence-corrected chi connectivity index (χ1v) is 4.81. The molecular formula is C6H13N3OP+. The van der Waals surface area contributed by atoms with Gasteiger partial charge in [0.1, 0.15) is 0 Å². The standard InChI is InChI=1S/C6H12N3OP/c10-11-9(5-7-1-2-7)6-8-3-4-8/h1-6H2/p+1. The van der Waals surface area contributed by atoms with Crippen LogP contribution in [0.3, 0.4) is 0 Å². The second kappa shape index (κ2) is 3.15. The van der Waals surface area contributed by atoms with Gasteiger partial charge < -0.3 is 0 Å². The highest BCUT2D eigenvalue weighted by Gasteiger charge is 2.28. The van der Waals surface area contributed by atoms with Crippen LogP contribution in [0.15, 0.2) is 0 Å². The molecule has 0 N–H and O–H groups in total. The minimum Gasteiger partial charge on any atom is -0.285 e. The van der Waals surface area contributed by atoms with E-state index in [0.717, 1.165) is 13.3 Å². The highest BCUT2D eigenvalue weighted by molar-refractivity contribution is 7.20. The minimum absolute atomic E-state index is 0.286. The summed E-state index contributed by atoms with van der Waals surface area (Å²) in [4.78, 5) is 4.54. The van der Waals surface area contributed by atoms with Gasteiger partial charge in [-0.3, -0.25) is 9.80 Å². The predicted molar refractivity (Wildman–Crippen MR) is 43.7 cm³/mol. The van der Waals surface area contributed by atoms with Crippen LogP contribution in [0.25, 0.3) is 0 Å². The normalized spacial score (nSPS) is 24.8. The Labute approximate surface area is 68.0 Å². The maximum absolute atomic E-state index is 10.7. The first kappa shape index (κ1) is 7.62. The van der Waals surface area contributed by atoms with Crippen molar-refractivity contribution in [3.63, 3.8) is 0 Å². The molecule has 62 valence electrons. The number of nitrogens with zero attached hydrogens (tertiary/aromatic N) is 3. The summed E-state index contributed by atoms with van der Waals surface area (Å²) in [5.74, 6) is 0. The Hall–Kier alpha value is -0.0200. The monoisotopic (exact) mass is 174 g/mol. The molecule has 0 aromatic carbocycles. The molecule has 2 heterocycles. The molecular weight excluding hydrogens is 161 g/mol. The first-order valence-electron chi connectivity index (χ1n) is 3.96. The van der Waals surface area contributed by atoms with Crippen LogP contribution in [-0.4, -0.2) is 54.0 Å². The summed E-state index contributed by atoms with van der Waals surface area (Å²) in [6.07, 6.45) is 0. The maximum Gasteiger partial charge on any atom is 0.423 e. The third-order valence-electron chi connectivity index (χ3n) is 1.95. The van der Waals surface area contributed by atoms with E-state index in [1.807, 2.05) is 4.67 Å². The largest absolute Gasteiger partial charge is 0.423 e. The van der Waals surface area contributed by atoms with E-state index in [1.54, 1.807) is 0 Å². The summed E-state index contributed by atoms with van der Waals surface area (Å²) in [6, 6.07) is 0. The molecule has 2 aliphatic rings. The van der Waals surface area contributed by atoms with Crippen LogP contribution in [0.5, 0.6) is 0 Å². The minimum atomic E-state index is -0.286. The molecule has 4 nitrogen and oxygen atoms in total. The van der Waals surface area contributed by atoms with Crippen molar-refractivity contribution in [3.05, 3.63) is 0 Å². The average Bonchev–Trinajstić information content (AvgIpc) is 2.78. The third-order valence-corrected chi connectivity index (χ3v) is 2.49. The van der Waals surface area contributed by atoms with Crippen molar-refractivity contribution in [2.75, 3.05) is 39.5 Å². The fourth-order valence-electron chi connectivity index (χ4n) is 1.01. The van der Waals surface area contributed by atoms with Gasteiger partial charge in [0.25, 0.3) is 0 Å². The molecule has 2 rings (SSSR count). The Balaban J connectivity index is 1.69. The Kier molecular flexibility index (Phi) is 2.18. The number of rotatable bonds is 5. The van der Waals surface area contributed by atoms with Gasteiger partial charge in [-0.15, -0.1) is 0 Å². The summed E-state index contributed by atoms with van der Waals surface area (Å²) >= 11 is 0. The van der Waals surface area contributed by atoms with Crippen LogP contribution in [0.2, 0.25) is 0 Å². The molecule has 0 saturated carbocycles. The highest BCUT2D eigenvalue weighted by Crippen LogP contribution is 2.15. The van der Waals surface area contributed by atoms with E-state index in [1.165, 1.54) is 26.2 Å². The van der Waals surface area contributed by atoms with Gasteiger partial charge in [0.15, 0.2) is 0 Å². The van der Waals surface area contributed by atoms with Crippen LogP contribution in [-0.2, 0) is 4.57 Å². The zero-order valence-electron chi connectivity index (χ0n) is 6.49. The molecule has 2 fully saturated rings. The molecule has 2 aliphatic heterocycles. The van der Waals surface area contributed by atoms with Gasteiger partial charge in [-0.05, 0) is 0 Å². The Bertz CT molecular complexity index is 144. The Morgan fingerprint density at radius 3 is 1.82 bits per heavy atom. The van der Waals surface area contributed by atoms with E-state index < -0.39 is 0 Å². The van der Waals surface area contributed by atoms with Gasteiger partial charge in [-0.2, -0.15) is 0 Å². The second-order valence-electron chi connectivity index (χ2n) is 3.15. The van der Waals surface area contributed by atoms with Crippen molar-refractivity contribution in [1.29, 1.82) is 0 Å². The van der Waals surface area contributed by atoms with E-state index in [2.05, 4.69) is 9.80 Å². The molecule has 0 amide bonds. The quantitative estimate of drug-likeness (QED) is 0.425. The van der Waals surface area contributed by atoms with Gasteiger partial charge in [0.2, 0.25) is 0 Å². The lowest BCUT2D eigenvalue weighted by Gasteiger charge is -2.07. The van der Waals surface area contributed by atoms with Crippen LogP contribution >= 0.6 is 8.61 Å². The molecule has 0 aromatic heterocycles. The van der Waals surface area contributed by atoms with Crippen LogP contribution in [0.1, 0.15) is 0 Å². The van der Waals surface area contributed by atoms with Gasteiger partial charge in [-0.1, -0.05) is 9.24 Å². The lowest BCUT2D eigenvalue weighted by molar-refractivity contribution is 0.281. The lowest BCUT2D eigenvalue weighted by Crippen LogP contribution is -2.25. The van der Waals surface area contributed by atoms with E-state index >= 15 is 0 Å². The van der Waals surface area contributed by atoms with Crippen molar-refractivity contribution in [2.45, 2.75) is 0 Å². The summed E-state index contributed by atoms with van der Waals surface area (Å²) in [6.45, 7) is 6.50. The fourth-order valence-corrected chi connectivity index (χ4v) is 1.53. The molecule has 0 spiro atoms. The fraction of sp³-hybridized carbons (Fsp3) is 1.00. The van der Waals surface area contributed by atoms with Gasteiger partial charge >= 0.3 is 8.61 Å². The molecule has 5 heteroatoms. The third kappa shape index (κ3) is 2.49. The van der Waals surface area contributed by atoms with Crippen LogP contribution in [0.4, 0.5) is 0 Å². The van der Waals surface area contributed by atoms with Crippen molar-refractivity contribution < 1.29 is 4.57 Å². The topological polar surface area (TPSA) is 26.3 Å². The molecule has 11 heavy (non-hydrogen) atoms. The molecule has 0 aliphatic carbocycles. The predicted octanol–water partition coefficient (Wildman–Crippen LogP) is -0.226. The maximum atomic E-state index is 10.7. The van der Waals surface area contributed by atoms with E-state index in [9.17, 15) is 4.57 Å². The summed E-state index contributed by atoms with van der Waals surface area (Å²) in [5, 5.41) is 0. The first-order chi connectivity index (χ1) is 5.38. The summed E-state index contributed by atoms with van der Waals surface area (Å²) in [7, 11) is -0.286. The van der Waals surface area contributed by atoms with Crippen LogP contribution < -0.4 is 0 Å². The number of hydrogen-bond acceptors (Lipinski definition) is 3. The molecule has 2 saturated heterocycles. The van der Waals surface area contributed by atoms with Crippen molar-refractivity contribution in [1.82, 2.24) is 14.5 Å². The Morgan fingerprint density at radius 1 is 1.09 bits per heavy atom. The van der Waals surface area contributed by atoms with Crippen molar-refractivity contribution in [2.24, 2.45) is 0 Å². The lowest BCUT2D eigenvalue weighted by atomic mass is 10.9. The summed E-state index contributed by atoms with van der Waals surface area (Å²) in [5.41, 5.74) is 0. The molecule has 0 aromatic rings. The van der Waals surface area contributed by atoms with E-state index in [4.69, 9.17) is 0 Å². The van der Waals surface area contributed by atoms with Gasteiger partial charge in [-0.25, -0.2) is 0 Å². The molecule has 0 radical (unpaired) electrons. The number of hydrogen-bond donors (Lipinski definition) is 0. The SMILES string of the molecule is O=[PH+]N(CN1CC1)CN1CC1. The molecule has 1 unspecified atom stereocenters. The van der Waals surface area contributed by atoms with Crippen molar-refractivity contribution in [3.8, 4) is 0 Å². The molecule has 0 bridgehead atoms. The smallest absolute Gasteiger partial charge is 0.285 e. The van der Waals surface area contributed by atoms with E-state index in [-0.39, 0.29) is 8.61 Å². The van der Waals surface area contributed by atoms with E-state index in [0.29, 0.717) is 0 Å².